The number of carbonyl (C=O) groups excluding carboxylic acids is 2. The number of carbonyl (C=O) groups is 2. The summed E-state index contributed by atoms with van der Waals surface area (Å²) in [5.74, 6) is -0.388. The predicted molar refractivity (Wildman–Crippen MR) is 121 cm³/mol. The van der Waals surface area contributed by atoms with E-state index < -0.39 is 5.97 Å². The lowest BCUT2D eigenvalue weighted by Crippen LogP contribution is -2.21. The standard InChI is InChI=1S/C24H19N3O3S/c1-17(18-9-3-5-12-21(18)30-24(29)22-13-8-16-31-22)25-26-23(28)19-10-2-4-11-20(19)27-14-6-7-15-27/h2-16H,1H3,(H,26,28)/b25-17+. The molecular weight excluding hydrogens is 410 g/mol. The molecule has 0 aliphatic heterocycles. The Morgan fingerprint density at radius 2 is 1.61 bits per heavy atom. The molecule has 0 radical (unpaired) electrons. The highest BCUT2D eigenvalue weighted by molar-refractivity contribution is 7.12. The molecule has 0 atom stereocenters. The Hall–Kier alpha value is -3.97. The molecule has 1 amide bonds. The summed E-state index contributed by atoms with van der Waals surface area (Å²) in [5, 5.41) is 6.06. The maximum Gasteiger partial charge on any atom is 0.353 e. The van der Waals surface area contributed by atoms with Gasteiger partial charge in [0.25, 0.3) is 5.91 Å². The third-order valence-electron chi connectivity index (χ3n) is 4.56. The third kappa shape index (κ3) is 4.62. The van der Waals surface area contributed by atoms with Crippen LogP contribution in [-0.2, 0) is 0 Å². The summed E-state index contributed by atoms with van der Waals surface area (Å²) in [6, 6.07) is 21.7. The summed E-state index contributed by atoms with van der Waals surface area (Å²) in [4.78, 5) is 25.6. The molecule has 31 heavy (non-hydrogen) atoms. The van der Waals surface area contributed by atoms with Gasteiger partial charge >= 0.3 is 5.97 Å². The monoisotopic (exact) mass is 429 g/mol. The maximum atomic E-state index is 12.8. The summed E-state index contributed by atoms with van der Waals surface area (Å²) in [5.41, 5.74) is 4.98. The molecule has 2 aromatic carbocycles. The summed E-state index contributed by atoms with van der Waals surface area (Å²) in [6.07, 6.45) is 3.75. The number of hydrogen-bond donors (Lipinski definition) is 1. The van der Waals surface area contributed by atoms with Crippen molar-refractivity contribution >= 4 is 28.9 Å². The minimum absolute atomic E-state index is 0.336. The van der Waals surface area contributed by atoms with E-state index in [4.69, 9.17) is 4.74 Å². The largest absolute Gasteiger partial charge is 0.422 e. The second-order valence-corrected chi connectivity index (χ2v) is 7.56. The van der Waals surface area contributed by atoms with E-state index in [1.165, 1.54) is 11.3 Å². The average Bonchev–Trinajstić information content (AvgIpc) is 3.52. The quantitative estimate of drug-likeness (QED) is 0.205. The number of hydrogen-bond acceptors (Lipinski definition) is 5. The van der Waals surface area contributed by atoms with Gasteiger partial charge in [0, 0.05) is 18.0 Å². The highest BCUT2D eigenvalue weighted by atomic mass is 32.1. The molecule has 1 N–H and O–H groups in total. The normalized spacial score (nSPS) is 11.2. The van der Waals surface area contributed by atoms with Crippen LogP contribution in [0.15, 0.2) is 95.7 Å². The number of para-hydroxylation sites is 2. The number of ether oxygens (including phenoxy) is 1. The van der Waals surface area contributed by atoms with Crippen molar-refractivity contribution < 1.29 is 14.3 Å². The second kappa shape index (κ2) is 9.23. The number of nitrogens with zero attached hydrogens (tertiary/aromatic N) is 2. The molecule has 0 aliphatic carbocycles. The zero-order valence-electron chi connectivity index (χ0n) is 16.7. The predicted octanol–water partition coefficient (Wildman–Crippen LogP) is 4.91. The van der Waals surface area contributed by atoms with Crippen LogP contribution in [0.1, 0.15) is 32.5 Å². The van der Waals surface area contributed by atoms with Crippen LogP contribution in [0.2, 0.25) is 0 Å². The molecule has 0 unspecified atom stereocenters. The van der Waals surface area contributed by atoms with E-state index in [-0.39, 0.29) is 5.91 Å². The number of rotatable bonds is 6. The fourth-order valence-corrected chi connectivity index (χ4v) is 3.64. The summed E-state index contributed by atoms with van der Waals surface area (Å²) in [7, 11) is 0. The molecule has 0 saturated heterocycles. The molecule has 0 aliphatic rings. The van der Waals surface area contributed by atoms with Gasteiger partial charge in [0.1, 0.15) is 10.6 Å². The lowest BCUT2D eigenvalue weighted by molar-refractivity contribution is 0.0739. The highest BCUT2D eigenvalue weighted by Crippen LogP contribution is 2.22. The lowest BCUT2D eigenvalue weighted by Gasteiger charge is -2.11. The van der Waals surface area contributed by atoms with E-state index in [1.807, 2.05) is 52.7 Å². The first kappa shape index (κ1) is 20.3. The van der Waals surface area contributed by atoms with Crippen LogP contribution in [0.3, 0.4) is 0 Å². The Balaban J connectivity index is 1.54. The summed E-state index contributed by atoms with van der Waals surface area (Å²) < 4.78 is 7.41. The Bertz CT molecular complexity index is 1230. The lowest BCUT2D eigenvalue weighted by atomic mass is 10.1. The third-order valence-corrected chi connectivity index (χ3v) is 5.41. The molecule has 0 fully saturated rings. The topological polar surface area (TPSA) is 72.7 Å². The minimum atomic E-state index is -0.431. The number of nitrogens with one attached hydrogen (secondary N) is 1. The van der Waals surface area contributed by atoms with Gasteiger partial charge in [0.2, 0.25) is 0 Å². The molecular formula is C24H19N3O3S. The van der Waals surface area contributed by atoms with Crippen LogP contribution in [-0.4, -0.2) is 22.2 Å². The SMILES string of the molecule is C/C(=N\NC(=O)c1ccccc1-n1cccc1)c1ccccc1OC(=O)c1cccs1. The van der Waals surface area contributed by atoms with Crippen LogP contribution in [0.25, 0.3) is 5.69 Å². The fraction of sp³-hybridized carbons (Fsp3) is 0.0417. The number of thiophene rings is 1. The first-order valence-electron chi connectivity index (χ1n) is 9.55. The van der Waals surface area contributed by atoms with Crippen molar-refractivity contribution in [3.8, 4) is 11.4 Å². The van der Waals surface area contributed by atoms with E-state index in [1.54, 1.807) is 49.4 Å². The molecule has 2 aromatic heterocycles. The van der Waals surface area contributed by atoms with Crippen molar-refractivity contribution in [1.82, 2.24) is 9.99 Å². The summed E-state index contributed by atoms with van der Waals surface area (Å²) >= 11 is 1.31. The van der Waals surface area contributed by atoms with Gasteiger partial charge in [0.15, 0.2) is 0 Å². The van der Waals surface area contributed by atoms with Gasteiger partial charge in [0.05, 0.1) is 17.0 Å². The zero-order chi connectivity index (χ0) is 21.6. The molecule has 0 saturated carbocycles. The molecule has 7 heteroatoms. The fourth-order valence-electron chi connectivity index (χ4n) is 3.04. The van der Waals surface area contributed by atoms with Crippen molar-refractivity contribution in [3.63, 3.8) is 0 Å². The van der Waals surface area contributed by atoms with Gasteiger partial charge in [-0.3, -0.25) is 4.79 Å². The van der Waals surface area contributed by atoms with E-state index in [0.29, 0.717) is 27.5 Å². The number of aromatic nitrogens is 1. The van der Waals surface area contributed by atoms with Crippen LogP contribution >= 0.6 is 11.3 Å². The first-order valence-corrected chi connectivity index (χ1v) is 10.4. The number of benzene rings is 2. The van der Waals surface area contributed by atoms with Gasteiger partial charge in [-0.05, 0) is 54.8 Å². The molecule has 4 aromatic rings. The van der Waals surface area contributed by atoms with Crippen molar-refractivity contribution in [2.75, 3.05) is 0 Å². The first-order chi connectivity index (χ1) is 15.1. The van der Waals surface area contributed by atoms with Crippen LogP contribution in [0.4, 0.5) is 0 Å². The van der Waals surface area contributed by atoms with E-state index in [9.17, 15) is 9.59 Å². The molecule has 0 bridgehead atoms. The Morgan fingerprint density at radius 1 is 0.903 bits per heavy atom. The zero-order valence-corrected chi connectivity index (χ0v) is 17.5. The number of amides is 1. The molecule has 6 nitrogen and oxygen atoms in total. The number of esters is 1. The van der Waals surface area contributed by atoms with Crippen LogP contribution in [0, 0.1) is 0 Å². The smallest absolute Gasteiger partial charge is 0.353 e. The van der Waals surface area contributed by atoms with Gasteiger partial charge in [-0.15, -0.1) is 11.3 Å². The van der Waals surface area contributed by atoms with Gasteiger partial charge < -0.3 is 9.30 Å². The van der Waals surface area contributed by atoms with Crippen molar-refractivity contribution in [2.24, 2.45) is 5.10 Å². The number of hydrazone groups is 1. The summed E-state index contributed by atoms with van der Waals surface area (Å²) in [6.45, 7) is 1.75. The van der Waals surface area contributed by atoms with E-state index in [0.717, 1.165) is 5.69 Å². The van der Waals surface area contributed by atoms with Gasteiger partial charge in [-0.25, -0.2) is 10.2 Å². The van der Waals surface area contributed by atoms with E-state index >= 15 is 0 Å². The van der Waals surface area contributed by atoms with Crippen LogP contribution < -0.4 is 10.2 Å². The Labute approximate surface area is 183 Å². The second-order valence-electron chi connectivity index (χ2n) is 6.61. The average molecular weight is 430 g/mol. The van der Waals surface area contributed by atoms with Gasteiger partial charge in [-0.2, -0.15) is 5.10 Å². The highest BCUT2D eigenvalue weighted by Gasteiger charge is 2.15. The Kier molecular flexibility index (Phi) is 6.05. The molecule has 2 heterocycles. The minimum Gasteiger partial charge on any atom is -0.422 e. The molecule has 154 valence electrons. The van der Waals surface area contributed by atoms with E-state index in [2.05, 4.69) is 10.5 Å². The Morgan fingerprint density at radius 3 is 2.35 bits per heavy atom. The van der Waals surface area contributed by atoms with Crippen LogP contribution in [0.5, 0.6) is 5.75 Å². The maximum absolute atomic E-state index is 12.8. The van der Waals surface area contributed by atoms with Crippen molar-refractivity contribution in [3.05, 3.63) is 107 Å². The molecule has 4 rings (SSSR count). The molecule has 0 spiro atoms. The van der Waals surface area contributed by atoms with Crippen molar-refractivity contribution in [1.29, 1.82) is 0 Å². The van der Waals surface area contributed by atoms with Gasteiger partial charge in [-0.1, -0.05) is 30.3 Å². The van der Waals surface area contributed by atoms with Crippen molar-refractivity contribution in [2.45, 2.75) is 6.92 Å².